The van der Waals surface area contributed by atoms with Gasteiger partial charge in [-0.3, -0.25) is 14.7 Å². The third-order valence-corrected chi connectivity index (χ3v) is 7.53. The first kappa shape index (κ1) is 22.6. The molecule has 34 heavy (non-hydrogen) atoms. The van der Waals surface area contributed by atoms with Gasteiger partial charge in [0.05, 0.1) is 15.6 Å². The molecule has 1 fully saturated rings. The molecule has 5 rings (SSSR count). The van der Waals surface area contributed by atoms with Gasteiger partial charge in [-0.25, -0.2) is 4.98 Å². The molecule has 7 nitrogen and oxygen atoms in total. The van der Waals surface area contributed by atoms with Crippen LogP contribution in [0.3, 0.4) is 0 Å². The van der Waals surface area contributed by atoms with E-state index in [1.807, 2.05) is 42.6 Å². The van der Waals surface area contributed by atoms with Gasteiger partial charge in [0, 0.05) is 61.1 Å². The van der Waals surface area contributed by atoms with Crippen LogP contribution >= 0.6 is 22.9 Å². The van der Waals surface area contributed by atoms with Gasteiger partial charge in [-0.05, 0) is 47.7 Å². The van der Waals surface area contributed by atoms with Crippen molar-refractivity contribution in [2.24, 2.45) is 0 Å². The van der Waals surface area contributed by atoms with Gasteiger partial charge in [0.15, 0.2) is 0 Å². The van der Waals surface area contributed by atoms with E-state index in [2.05, 4.69) is 25.5 Å². The van der Waals surface area contributed by atoms with Crippen LogP contribution in [0.2, 0.25) is 5.02 Å². The summed E-state index contributed by atoms with van der Waals surface area (Å²) in [5, 5.41) is 9.09. The van der Waals surface area contributed by atoms with Crippen LogP contribution in [-0.2, 0) is 13.1 Å². The number of amides is 1. The second kappa shape index (κ2) is 9.97. The molecule has 1 aromatic carbocycles. The molecular weight excluding hydrogens is 468 g/mol. The summed E-state index contributed by atoms with van der Waals surface area (Å²) >= 11 is 7.95. The molecule has 0 spiro atoms. The third kappa shape index (κ3) is 5.14. The standard InChI is InChI=1S/C25H25ClN6OS/c26-21-11-22(25(33)30-12-16-3-4-20-17(10-16)5-8-29-24(20)27)34-23(21)15-32-9-6-19(14-32)31-18-2-1-7-28-13-18/h1-5,7-8,10-11,13,19,31H,6,9,12,14-15H2,(H2,27,29)(H,30,33)/t19-/m1/s1. The predicted octanol–water partition coefficient (Wildman–Crippen LogP) is 4.54. The number of nitrogens with zero attached hydrogens (tertiary/aromatic N) is 3. The minimum atomic E-state index is -0.120. The average molecular weight is 493 g/mol. The fraction of sp³-hybridized carbons (Fsp3) is 0.240. The number of carbonyl (C=O) groups excluding carboxylic acids is 1. The van der Waals surface area contributed by atoms with Crippen LogP contribution in [0.4, 0.5) is 11.5 Å². The van der Waals surface area contributed by atoms with Crippen molar-refractivity contribution in [3.05, 3.63) is 81.4 Å². The molecular formula is C25H25ClN6OS. The monoisotopic (exact) mass is 492 g/mol. The Morgan fingerprint density at radius 3 is 3.00 bits per heavy atom. The summed E-state index contributed by atoms with van der Waals surface area (Å²) in [5.74, 6) is 0.385. The Bertz CT molecular complexity index is 1310. The lowest BCUT2D eigenvalue weighted by molar-refractivity contribution is 0.0955. The molecule has 1 amide bonds. The number of fused-ring (bicyclic) bond motifs is 1. The van der Waals surface area contributed by atoms with E-state index in [0.717, 1.165) is 53.0 Å². The van der Waals surface area contributed by atoms with Gasteiger partial charge in [0.1, 0.15) is 5.82 Å². The van der Waals surface area contributed by atoms with Crippen LogP contribution in [0.5, 0.6) is 0 Å². The first-order chi connectivity index (χ1) is 16.5. The molecule has 0 bridgehead atoms. The zero-order valence-electron chi connectivity index (χ0n) is 18.5. The first-order valence-corrected chi connectivity index (χ1v) is 12.3. The molecule has 0 radical (unpaired) electrons. The third-order valence-electron chi connectivity index (χ3n) is 5.97. The Kier molecular flexibility index (Phi) is 6.62. The van der Waals surface area contributed by atoms with Crippen molar-refractivity contribution in [1.82, 2.24) is 20.2 Å². The van der Waals surface area contributed by atoms with E-state index in [0.29, 0.717) is 28.3 Å². The van der Waals surface area contributed by atoms with Gasteiger partial charge in [-0.15, -0.1) is 11.3 Å². The molecule has 0 saturated carbocycles. The maximum absolute atomic E-state index is 12.8. The van der Waals surface area contributed by atoms with Gasteiger partial charge in [0.2, 0.25) is 0 Å². The van der Waals surface area contributed by atoms with Crippen LogP contribution in [0, 0.1) is 0 Å². The van der Waals surface area contributed by atoms with E-state index in [4.69, 9.17) is 17.3 Å². The van der Waals surface area contributed by atoms with Crippen molar-refractivity contribution in [2.45, 2.75) is 25.6 Å². The number of thiophene rings is 1. The van der Waals surface area contributed by atoms with E-state index in [-0.39, 0.29) is 5.91 Å². The molecule has 174 valence electrons. The molecule has 0 aliphatic carbocycles. The number of rotatable bonds is 7. The van der Waals surface area contributed by atoms with Crippen LogP contribution < -0.4 is 16.4 Å². The van der Waals surface area contributed by atoms with E-state index < -0.39 is 0 Å². The van der Waals surface area contributed by atoms with E-state index in [9.17, 15) is 4.79 Å². The highest BCUT2D eigenvalue weighted by atomic mass is 35.5. The second-order valence-electron chi connectivity index (χ2n) is 8.42. The quantitative estimate of drug-likeness (QED) is 0.350. The summed E-state index contributed by atoms with van der Waals surface area (Å²) in [7, 11) is 0. The average Bonchev–Trinajstić information content (AvgIpc) is 3.44. The van der Waals surface area contributed by atoms with Gasteiger partial charge < -0.3 is 16.4 Å². The van der Waals surface area contributed by atoms with Crippen molar-refractivity contribution in [2.75, 3.05) is 24.1 Å². The van der Waals surface area contributed by atoms with Crippen LogP contribution in [-0.4, -0.2) is 39.9 Å². The van der Waals surface area contributed by atoms with Crippen LogP contribution in [0.1, 0.15) is 26.5 Å². The Labute approximate surface area is 207 Å². The summed E-state index contributed by atoms with van der Waals surface area (Å²) in [6, 6.07) is 13.9. The number of nitrogens with two attached hydrogens (primary N) is 1. The van der Waals surface area contributed by atoms with Crippen molar-refractivity contribution in [1.29, 1.82) is 0 Å². The van der Waals surface area contributed by atoms with Crippen molar-refractivity contribution in [3.63, 3.8) is 0 Å². The Morgan fingerprint density at radius 1 is 1.24 bits per heavy atom. The number of pyridine rings is 2. The van der Waals surface area contributed by atoms with Crippen molar-refractivity contribution < 1.29 is 4.79 Å². The predicted molar refractivity (Wildman–Crippen MR) is 138 cm³/mol. The maximum Gasteiger partial charge on any atom is 0.261 e. The number of hydrogen-bond acceptors (Lipinski definition) is 7. The lowest BCUT2D eigenvalue weighted by Crippen LogP contribution is -2.25. The number of hydrogen-bond donors (Lipinski definition) is 3. The molecule has 1 atom stereocenters. The SMILES string of the molecule is Nc1nccc2cc(CNC(=O)c3cc(Cl)c(CN4CC[C@@H](Nc5cccnc5)C4)s3)ccc12. The smallest absolute Gasteiger partial charge is 0.261 e. The lowest BCUT2D eigenvalue weighted by Gasteiger charge is -2.16. The zero-order chi connectivity index (χ0) is 23.5. The Balaban J connectivity index is 1.17. The summed E-state index contributed by atoms with van der Waals surface area (Å²) < 4.78 is 0. The van der Waals surface area contributed by atoms with Gasteiger partial charge in [-0.2, -0.15) is 0 Å². The Morgan fingerprint density at radius 2 is 2.15 bits per heavy atom. The highest BCUT2D eigenvalue weighted by Crippen LogP contribution is 2.30. The molecule has 4 aromatic rings. The van der Waals surface area contributed by atoms with Gasteiger partial charge in [0.25, 0.3) is 5.91 Å². The molecule has 3 aromatic heterocycles. The minimum Gasteiger partial charge on any atom is -0.383 e. The largest absolute Gasteiger partial charge is 0.383 e. The van der Waals surface area contributed by atoms with Crippen LogP contribution in [0.15, 0.2) is 61.1 Å². The molecule has 0 unspecified atom stereocenters. The zero-order valence-corrected chi connectivity index (χ0v) is 20.1. The molecule has 4 N–H and O–H groups in total. The number of nitrogens with one attached hydrogen (secondary N) is 2. The highest BCUT2D eigenvalue weighted by Gasteiger charge is 2.24. The number of carbonyl (C=O) groups is 1. The van der Waals surface area contributed by atoms with Crippen LogP contribution in [0.25, 0.3) is 10.8 Å². The molecule has 1 aliphatic heterocycles. The molecule has 9 heteroatoms. The van der Waals surface area contributed by atoms with Gasteiger partial charge >= 0.3 is 0 Å². The van der Waals surface area contributed by atoms with Crippen molar-refractivity contribution >= 4 is 51.1 Å². The van der Waals surface area contributed by atoms with E-state index >= 15 is 0 Å². The number of benzene rings is 1. The molecule has 1 saturated heterocycles. The lowest BCUT2D eigenvalue weighted by atomic mass is 10.1. The summed E-state index contributed by atoms with van der Waals surface area (Å²) in [6.07, 6.45) is 6.36. The number of halogens is 1. The summed E-state index contributed by atoms with van der Waals surface area (Å²) in [4.78, 5) is 25.0. The van der Waals surface area contributed by atoms with Gasteiger partial charge in [-0.1, -0.05) is 23.7 Å². The van der Waals surface area contributed by atoms with E-state index in [1.54, 1.807) is 18.5 Å². The highest BCUT2D eigenvalue weighted by molar-refractivity contribution is 7.14. The topological polar surface area (TPSA) is 96.2 Å². The number of aromatic nitrogens is 2. The number of anilines is 2. The number of likely N-dealkylation sites (tertiary alicyclic amines) is 1. The normalized spacial score (nSPS) is 16.1. The Hall–Kier alpha value is -3.20. The van der Waals surface area contributed by atoms with E-state index in [1.165, 1.54) is 11.3 Å². The molecule has 4 heterocycles. The second-order valence-corrected chi connectivity index (χ2v) is 9.97. The number of nitrogen functional groups attached to an aromatic ring is 1. The maximum atomic E-state index is 12.8. The fourth-order valence-corrected chi connectivity index (χ4v) is 5.60. The fourth-order valence-electron chi connectivity index (χ4n) is 4.24. The molecule has 1 aliphatic rings. The minimum absolute atomic E-state index is 0.120. The summed E-state index contributed by atoms with van der Waals surface area (Å²) in [5.41, 5.74) is 7.95. The first-order valence-electron chi connectivity index (χ1n) is 11.1. The van der Waals surface area contributed by atoms with Crippen molar-refractivity contribution in [3.8, 4) is 0 Å². The summed E-state index contributed by atoms with van der Waals surface area (Å²) in [6.45, 7) is 3.07.